The predicted octanol–water partition coefficient (Wildman–Crippen LogP) is 0.893. The first kappa shape index (κ1) is 6.91. The molecule has 0 aromatic carbocycles. The Labute approximate surface area is 65.4 Å². The van der Waals surface area contributed by atoms with Crippen LogP contribution >= 0.6 is 11.9 Å². The molecule has 0 spiro atoms. The van der Waals surface area contributed by atoms with E-state index in [0.29, 0.717) is 0 Å². The minimum absolute atomic E-state index is 0.900. The summed E-state index contributed by atoms with van der Waals surface area (Å²) >= 11 is 1.87. The third kappa shape index (κ3) is 1.29. The molecule has 2 rings (SSSR count). The van der Waals surface area contributed by atoms with E-state index in [1.165, 1.54) is 18.6 Å². The molecule has 4 heteroatoms. The van der Waals surface area contributed by atoms with E-state index in [1.807, 2.05) is 17.1 Å². The zero-order chi connectivity index (χ0) is 6.81. The number of hydrogen-bond acceptors (Lipinski definition) is 4. The molecule has 2 heterocycles. The van der Waals surface area contributed by atoms with Crippen LogP contribution in [0, 0.1) is 0 Å². The molecule has 10 heavy (non-hydrogen) atoms. The van der Waals surface area contributed by atoms with Crippen molar-refractivity contribution in [3.8, 4) is 0 Å². The molecule has 0 N–H and O–H groups in total. The van der Waals surface area contributed by atoms with Crippen molar-refractivity contribution in [3.05, 3.63) is 0 Å². The second-order valence-electron chi connectivity index (χ2n) is 2.53. The van der Waals surface area contributed by atoms with E-state index in [1.54, 1.807) is 0 Å². The van der Waals surface area contributed by atoms with Crippen LogP contribution < -0.4 is 0 Å². The van der Waals surface area contributed by atoms with Crippen molar-refractivity contribution in [2.75, 3.05) is 25.4 Å². The molecule has 2 aliphatic rings. The summed E-state index contributed by atoms with van der Waals surface area (Å²) in [6.45, 7) is 3.13. The Kier molecular flexibility index (Phi) is 2.13. The van der Waals surface area contributed by atoms with E-state index < -0.39 is 0 Å². The highest BCUT2D eigenvalue weighted by atomic mass is 32.2. The number of nitrogens with zero attached hydrogens (tertiary/aromatic N) is 2. The molecule has 0 unspecified atom stereocenters. The first-order chi connectivity index (χ1) is 4.97. The Morgan fingerprint density at radius 1 is 1.20 bits per heavy atom. The molecule has 0 radical (unpaired) electrons. The third-order valence-corrected chi connectivity index (χ3v) is 2.85. The van der Waals surface area contributed by atoms with Crippen LogP contribution in [0.2, 0.25) is 0 Å². The van der Waals surface area contributed by atoms with Crippen LogP contribution in [0.3, 0.4) is 0 Å². The summed E-state index contributed by atoms with van der Waals surface area (Å²) in [7, 11) is 0. The summed E-state index contributed by atoms with van der Waals surface area (Å²) < 4.78 is 2.23. The van der Waals surface area contributed by atoms with Gasteiger partial charge in [-0.15, -0.1) is 5.17 Å². The van der Waals surface area contributed by atoms with E-state index in [9.17, 15) is 0 Å². The van der Waals surface area contributed by atoms with Crippen molar-refractivity contribution in [1.82, 2.24) is 9.59 Å². The fourth-order valence-electron chi connectivity index (χ4n) is 1.22. The molecule has 0 saturated carbocycles. The Bertz CT molecular complexity index is 96.3. The molecule has 0 bridgehead atoms. The number of rotatable bonds is 1. The average molecular weight is 160 g/mol. The van der Waals surface area contributed by atoms with Gasteiger partial charge in [0.25, 0.3) is 0 Å². The standard InChI is InChI=1S/C6H12N2OS/c1-3-7(9-5-1)8-4-2-6-10-8/h1-6H2. The maximum Gasteiger partial charge on any atom is 0.0715 e. The van der Waals surface area contributed by atoms with Crippen molar-refractivity contribution in [3.63, 3.8) is 0 Å². The van der Waals surface area contributed by atoms with Gasteiger partial charge in [-0.3, -0.25) is 4.84 Å². The van der Waals surface area contributed by atoms with E-state index in [2.05, 4.69) is 4.41 Å². The lowest BCUT2D eigenvalue weighted by molar-refractivity contribution is -0.204. The van der Waals surface area contributed by atoms with Gasteiger partial charge in [-0.25, -0.2) is 0 Å². The van der Waals surface area contributed by atoms with E-state index in [-0.39, 0.29) is 0 Å². The van der Waals surface area contributed by atoms with Crippen molar-refractivity contribution < 1.29 is 4.84 Å². The van der Waals surface area contributed by atoms with Crippen LogP contribution in [-0.4, -0.2) is 35.0 Å². The second-order valence-corrected chi connectivity index (χ2v) is 3.61. The lowest BCUT2D eigenvalue weighted by Crippen LogP contribution is -2.32. The number of hydrogen-bond donors (Lipinski definition) is 0. The van der Waals surface area contributed by atoms with Gasteiger partial charge in [0.15, 0.2) is 0 Å². The Morgan fingerprint density at radius 3 is 2.80 bits per heavy atom. The summed E-state index contributed by atoms with van der Waals surface area (Å²) in [6, 6.07) is 0. The maximum atomic E-state index is 5.38. The van der Waals surface area contributed by atoms with Crippen LogP contribution in [0.25, 0.3) is 0 Å². The van der Waals surface area contributed by atoms with Gasteiger partial charge in [-0.2, -0.15) is 4.41 Å². The highest BCUT2D eigenvalue weighted by Crippen LogP contribution is 2.24. The molecule has 2 aliphatic heterocycles. The lowest BCUT2D eigenvalue weighted by atomic mass is 10.5. The van der Waals surface area contributed by atoms with Crippen LogP contribution in [0.4, 0.5) is 0 Å². The largest absolute Gasteiger partial charge is 0.283 e. The first-order valence-electron chi connectivity index (χ1n) is 3.77. The molecule has 2 saturated heterocycles. The maximum absolute atomic E-state index is 5.38. The van der Waals surface area contributed by atoms with Crippen molar-refractivity contribution in [1.29, 1.82) is 0 Å². The van der Waals surface area contributed by atoms with E-state index in [4.69, 9.17) is 4.84 Å². The van der Waals surface area contributed by atoms with Gasteiger partial charge in [0.2, 0.25) is 0 Å². The summed E-state index contributed by atoms with van der Waals surface area (Å²) in [5.41, 5.74) is 0. The normalized spacial score (nSPS) is 30.0. The van der Waals surface area contributed by atoms with Gasteiger partial charge in [-0.1, -0.05) is 11.9 Å². The fraction of sp³-hybridized carbons (Fsp3) is 1.00. The lowest BCUT2D eigenvalue weighted by Gasteiger charge is -2.22. The topological polar surface area (TPSA) is 15.7 Å². The highest BCUT2D eigenvalue weighted by molar-refractivity contribution is 7.97. The molecule has 3 nitrogen and oxygen atoms in total. The van der Waals surface area contributed by atoms with Gasteiger partial charge in [-0.05, 0) is 12.8 Å². The first-order valence-corrected chi connectivity index (χ1v) is 4.72. The fourth-order valence-corrected chi connectivity index (χ4v) is 2.21. The summed E-state index contributed by atoms with van der Waals surface area (Å²) in [6.07, 6.45) is 2.47. The zero-order valence-corrected chi connectivity index (χ0v) is 6.77. The third-order valence-electron chi connectivity index (χ3n) is 1.72. The van der Waals surface area contributed by atoms with Gasteiger partial charge >= 0.3 is 0 Å². The predicted molar refractivity (Wildman–Crippen MR) is 41.1 cm³/mol. The van der Waals surface area contributed by atoms with Crippen molar-refractivity contribution >= 4 is 11.9 Å². The monoisotopic (exact) mass is 160 g/mol. The van der Waals surface area contributed by atoms with Crippen LogP contribution in [-0.2, 0) is 4.84 Å². The second kappa shape index (κ2) is 3.09. The van der Waals surface area contributed by atoms with Crippen LogP contribution in [0.15, 0.2) is 0 Å². The molecule has 0 aromatic heterocycles. The smallest absolute Gasteiger partial charge is 0.0715 e. The summed E-state index contributed by atoms with van der Waals surface area (Å²) in [4.78, 5) is 5.38. The molecule has 2 fully saturated rings. The van der Waals surface area contributed by atoms with E-state index >= 15 is 0 Å². The van der Waals surface area contributed by atoms with Gasteiger partial charge in [0.05, 0.1) is 6.61 Å². The minimum Gasteiger partial charge on any atom is -0.283 e. The molecular formula is C6H12N2OS. The molecule has 0 atom stereocenters. The van der Waals surface area contributed by atoms with E-state index in [0.717, 1.165) is 19.7 Å². The number of hydrazine groups is 1. The minimum atomic E-state index is 0.900. The Hall–Kier alpha value is 0.230. The van der Waals surface area contributed by atoms with Crippen LogP contribution in [0.1, 0.15) is 12.8 Å². The SMILES string of the molecule is C1CON(N2CCCS2)C1. The quantitative estimate of drug-likeness (QED) is 0.529. The summed E-state index contributed by atoms with van der Waals surface area (Å²) in [5, 5.41) is 2.00. The molecule has 0 aromatic rings. The zero-order valence-electron chi connectivity index (χ0n) is 5.95. The Balaban J connectivity index is 1.85. The van der Waals surface area contributed by atoms with Gasteiger partial charge in [0, 0.05) is 18.8 Å². The molecular weight excluding hydrogens is 148 g/mol. The Morgan fingerprint density at radius 2 is 2.20 bits per heavy atom. The summed E-state index contributed by atoms with van der Waals surface area (Å²) in [5.74, 6) is 1.25. The average Bonchev–Trinajstić information content (AvgIpc) is 2.59. The highest BCUT2D eigenvalue weighted by Gasteiger charge is 2.23. The molecule has 0 aliphatic carbocycles. The van der Waals surface area contributed by atoms with Crippen LogP contribution in [0.5, 0.6) is 0 Å². The van der Waals surface area contributed by atoms with Crippen molar-refractivity contribution in [2.45, 2.75) is 12.8 Å². The van der Waals surface area contributed by atoms with Gasteiger partial charge < -0.3 is 0 Å². The number of hydroxylamine groups is 1. The molecule has 0 amide bonds. The van der Waals surface area contributed by atoms with Gasteiger partial charge in [0.1, 0.15) is 0 Å². The van der Waals surface area contributed by atoms with Crippen molar-refractivity contribution in [2.24, 2.45) is 0 Å². The molecule has 58 valence electrons.